The molecule has 0 bridgehead atoms. The van der Waals surface area contributed by atoms with E-state index in [-0.39, 0.29) is 5.56 Å². The Kier molecular flexibility index (Phi) is 5.19. The van der Waals surface area contributed by atoms with Gasteiger partial charge in [0.25, 0.3) is 5.91 Å². The SMILES string of the molecule is O=C(Nc1ccc(N2CCN(c3ccccc3)CC2)cn1)c1ccccc1F. The number of rotatable bonds is 4. The number of carbonyl (C=O) groups is 1. The molecule has 0 saturated carbocycles. The highest BCUT2D eigenvalue weighted by Crippen LogP contribution is 2.21. The van der Waals surface area contributed by atoms with Crippen LogP contribution in [0.2, 0.25) is 0 Å². The van der Waals surface area contributed by atoms with E-state index in [1.807, 2.05) is 12.1 Å². The number of nitrogens with one attached hydrogen (secondary N) is 1. The van der Waals surface area contributed by atoms with Crippen LogP contribution in [0, 0.1) is 5.82 Å². The summed E-state index contributed by atoms with van der Waals surface area (Å²) in [6, 6.07) is 20.0. The Morgan fingerprint density at radius 3 is 2.11 bits per heavy atom. The molecule has 2 aromatic carbocycles. The summed E-state index contributed by atoms with van der Waals surface area (Å²) in [6.45, 7) is 3.68. The number of nitrogens with zero attached hydrogens (tertiary/aromatic N) is 3. The number of carbonyl (C=O) groups excluding carboxylic acids is 1. The van der Waals surface area contributed by atoms with Crippen molar-refractivity contribution in [2.45, 2.75) is 0 Å². The second-order valence-corrected chi connectivity index (χ2v) is 6.65. The first-order chi connectivity index (χ1) is 13.7. The number of piperazine rings is 1. The van der Waals surface area contributed by atoms with Gasteiger partial charge in [-0.2, -0.15) is 0 Å². The Hall–Kier alpha value is -3.41. The average Bonchev–Trinajstić information content (AvgIpc) is 2.75. The molecule has 142 valence electrons. The third-order valence-corrected chi connectivity index (χ3v) is 4.87. The van der Waals surface area contributed by atoms with Crippen molar-refractivity contribution < 1.29 is 9.18 Å². The zero-order valence-corrected chi connectivity index (χ0v) is 15.4. The summed E-state index contributed by atoms with van der Waals surface area (Å²) in [5, 5.41) is 2.64. The van der Waals surface area contributed by atoms with Crippen molar-refractivity contribution in [3.05, 3.63) is 84.3 Å². The van der Waals surface area contributed by atoms with E-state index in [4.69, 9.17) is 0 Å². The van der Waals surface area contributed by atoms with E-state index in [1.165, 1.54) is 17.8 Å². The highest BCUT2D eigenvalue weighted by Gasteiger charge is 2.18. The molecule has 1 saturated heterocycles. The van der Waals surface area contributed by atoms with Gasteiger partial charge in [0.2, 0.25) is 0 Å². The standard InChI is InChI=1S/C22H21FN4O/c23-20-9-5-4-8-19(20)22(28)25-21-11-10-18(16-24-21)27-14-12-26(13-15-27)17-6-2-1-3-7-17/h1-11,16H,12-15H2,(H,24,25,28). The molecule has 0 atom stereocenters. The second kappa shape index (κ2) is 8.08. The monoisotopic (exact) mass is 376 g/mol. The number of halogens is 1. The fourth-order valence-electron chi connectivity index (χ4n) is 3.34. The molecule has 0 unspecified atom stereocenters. The Balaban J connectivity index is 1.36. The number of pyridine rings is 1. The molecule has 0 radical (unpaired) electrons. The first kappa shape index (κ1) is 18.0. The van der Waals surface area contributed by atoms with E-state index < -0.39 is 11.7 Å². The van der Waals surface area contributed by atoms with Gasteiger partial charge in [-0.05, 0) is 36.4 Å². The van der Waals surface area contributed by atoms with E-state index >= 15 is 0 Å². The zero-order chi connectivity index (χ0) is 19.3. The Morgan fingerprint density at radius 2 is 1.46 bits per heavy atom. The summed E-state index contributed by atoms with van der Waals surface area (Å²) in [4.78, 5) is 21.1. The van der Waals surface area contributed by atoms with Crippen LogP contribution < -0.4 is 15.1 Å². The average molecular weight is 376 g/mol. The molecule has 0 aliphatic carbocycles. The number of amides is 1. The normalized spacial score (nSPS) is 14.0. The van der Waals surface area contributed by atoms with Crippen LogP contribution in [0.15, 0.2) is 72.9 Å². The number of hydrogen-bond donors (Lipinski definition) is 1. The van der Waals surface area contributed by atoms with Gasteiger partial charge in [-0.25, -0.2) is 9.37 Å². The summed E-state index contributed by atoms with van der Waals surface area (Å²) in [5.41, 5.74) is 2.26. The number of anilines is 3. The smallest absolute Gasteiger partial charge is 0.259 e. The number of benzene rings is 2. The van der Waals surface area contributed by atoms with Crippen molar-refractivity contribution in [2.75, 3.05) is 41.3 Å². The minimum Gasteiger partial charge on any atom is -0.368 e. The molecule has 1 aromatic heterocycles. The summed E-state index contributed by atoms with van der Waals surface area (Å²) < 4.78 is 13.7. The van der Waals surface area contributed by atoms with Crippen molar-refractivity contribution in [1.82, 2.24) is 4.98 Å². The molecular formula is C22H21FN4O. The Bertz CT molecular complexity index is 938. The molecule has 4 rings (SSSR count). The van der Waals surface area contributed by atoms with Crippen LogP contribution in [0.3, 0.4) is 0 Å². The van der Waals surface area contributed by atoms with E-state index in [0.29, 0.717) is 5.82 Å². The molecular weight excluding hydrogens is 355 g/mol. The van der Waals surface area contributed by atoms with Gasteiger partial charge in [-0.3, -0.25) is 4.79 Å². The van der Waals surface area contributed by atoms with Crippen LogP contribution in [0.4, 0.5) is 21.6 Å². The van der Waals surface area contributed by atoms with E-state index in [2.05, 4.69) is 44.4 Å². The molecule has 6 heteroatoms. The maximum atomic E-state index is 13.7. The van der Waals surface area contributed by atoms with Crippen molar-refractivity contribution in [1.29, 1.82) is 0 Å². The first-order valence-electron chi connectivity index (χ1n) is 9.27. The van der Waals surface area contributed by atoms with E-state index in [0.717, 1.165) is 31.9 Å². The highest BCUT2D eigenvalue weighted by atomic mass is 19.1. The van der Waals surface area contributed by atoms with Gasteiger partial charge in [-0.15, -0.1) is 0 Å². The van der Waals surface area contributed by atoms with Crippen molar-refractivity contribution in [2.24, 2.45) is 0 Å². The predicted molar refractivity (Wildman–Crippen MR) is 109 cm³/mol. The van der Waals surface area contributed by atoms with E-state index in [1.54, 1.807) is 24.4 Å². The third-order valence-electron chi connectivity index (χ3n) is 4.87. The molecule has 1 N–H and O–H groups in total. The maximum absolute atomic E-state index is 13.7. The topological polar surface area (TPSA) is 48.5 Å². The largest absolute Gasteiger partial charge is 0.368 e. The predicted octanol–water partition coefficient (Wildman–Crippen LogP) is 3.80. The molecule has 0 spiro atoms. The molecule has 1 amide bonds. The Morgan fingerprint density at radius 1 is 0.821 bits per heavy atom. The molecule has 1 aliphatic rings. The summed E-state index contributed by atoms with van der Waals surface area (Å²) in [6.07, 6.45) is 1.75. The van der Waals surface area contributed by atoms with Crippen LogP contribution >= 0.6 is 0 Å². The van der Waals surface area contributed by atoms with Gasteiger partial charge in [0.15, 0.2) is 0 Å². The van der Waals surface area contributed by atoms with Gasteiger partial charge in [0.05, 0.1) is 17.4 Å². The fourth-order valence-corrected chi connectivity index (χ4v) is 3.34. The van der Waals surface area contributed by atoms with Crippen LogP contribution in [0.25, 0.3) is 0 Å². The van der Waals surface area contributed by atoms with Gasteiger partial charge in [-0.1, -0.05) is 30.3 Å². The minimum absolute atomic E-state index is 0.00501. The highest BCUT2D eigenvalue weighted by molar-refractivity contribution is 6.03. The molecule has 5 nitrogen and oxygen atoms in total. The summed E-state index contributed by atoms with van der Waals surface area (Å²) in [7, 11) is 0. The van der Waals surface area contributed by atoms with Crippen molar-refractivity contribution in [3.8, 4) is 0 Å². The molecule has 2 heterocycles. The van der Waals surface area contributed by atoms with Gasteiger partial charge >= 0.3 is 0 Å². The Labute approximate surface area is 163 Å². The number of aromatic nitrogens is 1. The summed E-state index contributed by atoms with van der Waals surface area (Å²) >= 11 is 0. The second-order valence-electron chi connectivity index (χ2n) is 6.65. The van der Waals surface area contributed by atoms with Gasteiger partial charge < -0.3 is 15.1 Å². The summed E-state index contributed by atoms with van der Waals surface area (Å²) in [5.74, 6) is -0.650. The van der Waals surface area contributed by atoms with Crippen LogP contribution in [0.5, 0.6) is 0 Å². The lowest BCUT2D eigenvalue weighted by molar-refractivity contribution is 0.102. The van der Waals surface area contributed by atoms with Crippen molar-refractivity contribution >= 4 is 23.1 Å². The molecule has 28 heavy (non-hydrogen) atoms. The van der Waals surface area contributed by atoms with Crippen LogP contribution in [-0.4, -0.2) is 37.1 Å². The van der Waals surface area contributed by atoms with Crippen LogP contribution in [-0.2, 0) is 0 Å². The lowest BCUT2D eigenvalue weighted by Gasteiger charge is -2.37. The molecule has 3 aromatic rings. The lowest BCUT2D eigenvalue weighted by atomic mass is 10.2. The molecule has 1 aliphatic heterocycles. The number of para-hydroxylation sites is 1. The van der Waals surface area contributed by atoms with Crippen LogP contribution in [0.1, 0.15) is 10.4 Å². The number of hydrogen-bond acceptors (Lipinski definition) is 4. The first-order valence-corrected chi connectivity index (χ1v) is 9.27. The van der Waals surface area contributed by atoms with Gasteiger partial charge in [0, 0.05) is 31.9 Å². The fraction of sp³-hybridized carbons (Fsp3) is 0.182. The molecule has 1 fully saturated rings. The minimum atomic E-state index is -0.548. The quantitative estimate of drug-likeness (QED) is 0.753. The lowest BCUT2D eigenvalue weighted by Crippen LogP contribution is -2.46. The zero-order valence-electron chi connectivity index (χ0n) is 15.4. The van der Waals surface area contributed by atoms with E-state index in [9.17, 15) is 9.18 Å². The third kappa shape index (κ3) is 3.96. The van der Waals surface area contributed by atoms with Crippen molar-refractivity contribution in [3.63, 3.8) is 0 Å². The van der Waals surface area contributed by atoms with Gasteiger partial charge in [0.1, 0.15) is 11.6 Å². The maximum Gasteiger partial charge on any atom is 0.259 e.